The van der Waals surface area contributed by atoms with E-state index >= 15 is 0 Å². The zero-order valence-corrected chi connectivity index (χ0v) is 11.7. The summed E-state index contributed by atoms with van der Waals surface area (Å²) in [4.78, 5) is 4.05. The van der Waals surface area contributed by atoms with Gasteiger partial charge >= 0.3 is 6.05 Å². The van der Waals surface area contributed by atoms with Crippen molar-refractivity contribution in [2.45, 2.75) is 43.8 Å². The van der Waals surface area contributed by atoms with E-state index in [0.29, 0.717) is 18.4 Å². The Morgan fingerprint density at radius 1 is 1.10 bits per heavy atom. The summed E-state index contributed by atoms with van der Waals surface area (Å²) in [5, 5.41) is 10.4. The predicted octanol–water partition coefficient (Wildman–Crippen LogP) is 3.79. The second-order valence-electron chi connectivity index (χ2n) is 5.62. The SMILES string of the molecule is OC1(C(F)(F)n2ccnc2-c2ccccc2)CCCCC1. The van der Waals surface area contributed by atoms with Crippen molar-refractivity contribution in [3.63, 3.8) is 0 Å². The molecule has 0 unspecified atom stereocenters. The molecule has 0 radical (unpaired) electrons. The van der Waals surface area contributed by atoms with Crippen molar-refractivity contribution >= 4 is 0 Å². The zero-order chi connectivity index (χ0) is 14.9. The minimum absolute atomic E-state index is 0.117. The molecule has 1 aromatic heterocycles. The summed E-state index contributed by atoms with van der Waals surface area (Å²) in [6, 6.07) is 5.49. The number of hydrogen-bond acceptors (Lipinski definition) is 2. The molecule has 1 aliphatic carbocycles. The molecule has 5 heteroatoms. The smallest absolute Gasteiger partial charge is 0.358 e. The number of halogens is 2. The Morgan fingerprint density at radius 3 is 2.43 bits per heavy atom. The third-order valence-corrected chi connectivity index (χ3v) is 4.22. The van der Waals surface area contributed by atoms with Crippen LogP contribution < -0.4 is 0 Å². The molecule has 0 saturated heterocycles. The number of alkyl halides is 2. The number of nitrogens with zero attached hydrogens (tertiary/aromatic N) is 2. The number of hydrogen-bond donors (Lipinski definition) is 1. The topological polar surface area (TPSA) is 38.0 Å². The summed E-state index contributed by atoms with van der Waals surface area (Å²) in [6.07, 6.45) is 4.98. The van der Waals surface area contributed by atoms with Gasteiger partial charge in [-0.25, -0.2) is 4.98 Å². The summed E-state index contributed by atoms with van der Waals surface area (Å²) in [7, 11) is 0. The van der Waals surface area contributed by atoms with Gasteiger partial charge < -0.3 is 5.11 Å². The lowest BCUT2D eigenvalue weighted by molar-refractivity contribution is -0.246. The molecule has 3 nitrogen and oxygen atoms in total. The van der Waals surface area contributed by atoms with E-state index < -0.39 is 11.6 Å². The van der Waals surface area contributed by atoms with Gasteiger partial charge in [-0.2, -0.15) is 8.78 Å². The highest BCUT2D eigenvalue weighted by molar-refractivity contribution is 5.55. The van der Waals surface area contributed by atoms with Crippen molar-refractivity contribution in [2.24, 2.45) is 0 Å². The lowest BCUT2D eigenvalue weighted by atomic mass is 9.83. The molecule has 112 valence electrons. The van der Waals surface area contributed by atoms with Crippen LogP contribution in [0.1, 0.15) is 32.1 Å². The average molecular weight is 292 g/mol. The monoisotopic (exact) mass is 292 g/mol. The fourth-order valence-corrected chi connectivity index (χ4v) is 2.99. The van der Waals surface area contributed by atoms with Crippen molar-refractivity contribution in [3.8, 4) is 11.4 Å². The van der Waals surface area contributed by atoms with Gasteiger partial charge in [0.2, 0.25) is 0 Å². The number of rotatable bonds is 3. The first-order valence-electron chi connectivity index (χ1n) is 7.24. The van der Waals surface area contributed by atoms with Crippen LogP contribution in [0.5, 0.6) is 0 Å². The summed E-state index contributed by atoms with van der Waals surface area (Å²) in [5.74, 6) is 0.180. The molecule has 1 saturated carbocycles. The summed E-state index contributed by atoms with van der Waals surface area (Å²) >= 11 is 0. The van der Waals surface area contributed by atoms with Crippen LogP contribution >= 0.6 is 0 Å². The molecule has 1 aliphatic rings. The molecule has 1 fully saturated rings. The molecule has 0 atom stereocenters. The highest BCUT2D eigenvalue weighted by atomic mass is 19.3. The maximum Gasteiger partial charge on any atom is 0.358 e. The molecule has 1 N–H and O–H groups in total. The first-order chi connectivity index (χ1) is 10.0. The Hall–Kier alpha value is -1.75. The molecule has 0 bridgehead atoms. The fourth-order valence-electron chi connectivity index (χ4n) is 2.99. The molecule has 0 aliphatic heterocycles. The Labute approximate surface area is 122 Å². The maximum atomic E-state index is 14.9. The van der Waals surface area contributed by atoms with Gasteiger partial charge in [-0.15, -0.1) is 0 Å². The molecule has 0 amide bonds. The van der Waals surface area contributed by atoms with E-state index in [9.17, 15) is 13.9 Å². The Morgan fingerprint density at radius 2 is 1.76 bits per heavy atom. The van der Waals surface area contributed by atoms with Gasteiger partial charge in [0.25, 0.3) is 0 Å². The second kappa shape index (κ2) is 5.22. The highest BCUT2D eigenvalue weighted by Gasteiger charge is 2.54. The lowest BCUT2D eigenvalue weighted by Gasteiger charge is -2.39. The summed E-state index contributed by atoms with van der Waals surface area (Å²) in [5.41, 5.74) is -1.38. The third-order valence-electron chi connectivity index (χ3n) is 4.22. The van der Waals surface area contributed by atoms with Crippen LogP contribution in [0.15, 0.2) is 42.7 Å². The fraction of sp³-hybridized carbons (Fsp3) is 0.438. The van der Waals surface area contributed by atoms with Crippen molar-refractivity contribution in [3.05, 3.63) is 42.7 Å². The second-order valence-corrected chi connectivity index (χ2v) is 5.62. The van der Waals surface area contributed by atoms with Gasteiger partial charge in [-0.1, -0.05) is 49.6 Å². The molecule has 2 aromatic rings. The van der Waals surface area contributed by atoms with E-state index in [4.69, 9.17) is 0 Å². The van der Waals surface area contributed by atoms with E-state index in [-0.39, 0.29) is 18.7 Å². The van der Waals surface area contributed by atoms with Crippen molar-refractivity contribution in [1.29, 1.82) is 0 Å². The number of aliphatic hydroxyl groups is 1. The lowest BCUT2D eigenvalue weighted by Crippen LogP contribution is -2.51. The summed E-state index contributed by atoms with van der Waals surface area (Å²) < 4.78 is 30.6. The molecule has 0 spiro atoms. The quantitative estimate of drug-likeness (QED) is 0.934. The third kappa shape index (κ3) is 2.35. The molecule has 1 heterocycles. The van der Waals surface area contributed by atoms with Crippen LogP contribution in [-0.4, -0.2) is 20.3 Å². The van der Waals surface area contributed by atoms with Crippen LogP contribution in [0.2, 0.25) is 0 Å². The van der Waals surface area contributed by atoms with Gasteiger partial charge in [-0.3, -0.25) is 4.57 Å². The summed E-state index contributed by atoms with van der Waals surface area (Å²) in [6.45, 7) is 0. The highest BCUT2D eigenvalue weighted by Crippen LogP contribution is 2.45. The number of imidazole rings is 1. The zero-order valence-electron chi connectivity index (χ0n) is 11.7. The Kier molecular flexibility index (Phi) is 3.53. The molecule has 3 rings (SSSR count). The Balaban J connectivity index is 2.02. The normalized spacial score (nSPS) is 18.6. The Bertz CT molecular complexity index is 604. The first kappa shape index (κ1) is 14.2. The van der Waals surface area contributed by atoms with E-state index in [0.717, 1.165) is 11.0 Å². The minimum atomic E-state index is -3.37. The number of aromatic nitrogens is 2. The molecular formula is C16H18F2N2O. The molecule has 1 aromatic carbocycles. The number of benzene rings is 1. The van der Waals surface area contributed by atoms with Gasteiger partial charge in [-0.05, 0) is 12.8 Å². The van der Waals surface area contributed by atoms with Crippen LogP contribution in [0, 0.1) is 0 Å². The van der Waals surface area contributed by atoms with Crippen LogP contribution in [0.3, 0.4) is 0 Å². The van der Waals surface area contributed by atoms with E-state index in [1.165, 1.54) is 12.4 Å². The maximum absolute atomic E-state index is 14.9. The van der Waals surface area contributed by atoms with Gasteiger partial charge in [0, 0.05) is 18.0 Å². The van der Waals surface area contributed by atoms with Crippen molar-refractivity contribution in [2.75, 3.05) is 0 Å². The van der Waals surface area contributed by atoms with Gasteiger partial charge in [0.05, 0.1) is 0 Å². The molecule has 21 heavy (non-hydrogen) atoms. The standard InChI is InChI=1S/C16H18F2N2O/c17-16(18,15(21)9-5-2-6-10-15)20-12-11-19-14(20)13-7-3-1-4-8-13/h1,3-4,7-8,11-12,21H,2,5-6,9-10H2. The first-order valence-corrected chi connectivity index (χ1v) is 7.24. The van der Waals surface area contributed by atoms with Crippen LogP contribution in [0.4, 0.5) is 8.78 Å². The minimum Gasteiger partial charge on any atom is -0.381 e. The van der Waals surface area contributed by atoms with Gasteiger partial charge in [0.1, 0.15) is 11.4 Å². The van der Waals surface area contributed by atoms with Crippen molar-refractivity contribution in [1.82, 2.24) is 9.55 Å². The van der Waals surface area contributed by atoms with Gasteiger partial charge in [0.15, 0.2) is 0 Å². The van der Waals surface area contributed by atoms with E-state index in [1.807, 2.05) is 6.07 Å². The predicted molar refractivity (Wildman–Crippen MR) is 75.9 cm³/mol. The largest absolute Gasteiger partial charge is 0.381 e. The van der Waals surface area contributed by atoms with E-state index in [2.05, 4.69) is 4.98 Å². The van der Waals surface area contributed by atoms with Crippen molar-refractivity contribution < 1.29 is 13.9 Å². The van der Waals surface area contributed by atoms with Crippen LogP contribution in [0.25, 0.3) is 11.4 Å². The van der Waals surface area contributed by atoms with E-state index in [1.54, 1.807) is 24.3 Å². The van der Waals surface area contributed by atoms with Crippen LogP contribution in [-0.2, 0) is 6.05 Å². The average Bonchev–Trinajstić information content (AvgIpc) is 2.99. The molecular weight excluding hydrogens is 274 g/mol.